The summed E-state index contributed by atoms with van der Waals surface area (Å²) in [6.45, 7) is 29.2. The minimum absolute atomic E-state index is 0.0299. The molecule has 0 aliphatic carbocycles. The quantitative estimate of drug-likeness (QED) is 0.387. The summed E-state index contributed by atoms with van der Waals surface area (Å²) in [5.74, 6) is 0.784. The lowest BCUT2D eigenvalue weighted by Crippen LogP contribution is -2.32. The smallest absolute Gasteiger partial charge is 0.123 e. The molecule has 0 bridgehead atoms. The topological polar surface area (TPSA) is 46.9 Å². The van der Waals surface area contributed by atoms with Crippen LogP contribution in [0, 0.1) is 0 Å². The summed E-state index contributed by atoms with van der Waals surface area (Å²) >= 11 is 0. The Hall–Kier alpha value is -2.04. The number of likely N-dealkylation sites (N-methyl/N-ethyl adjacent to an activating group) is 1. The minimum atomic E-state index is -0.171. The van der Waals surface area contributed by atoms with E-state index in [4.69, 9.17) is 0 Å². The van der Waals surface area contributed by atoms with Crippen LogP contribution < -0.4 is 0 Å². The highest BCUT2D eigenvalue weighted by Crippen LogP contribution is 2.40. The number of benzene rings is 2. The van der Waals surface area contributed by atoms with Crippen LogP contribution in [0.2, 0.25) is 0 Å². The van der Waals surface area contributed by atoms with Crippen molar-refractivity contribution in [1.82, 2.24) is 9.80 Å². The van der Waals surface area contributed by atoms with Gasteiger partial charge < -0.3 is 15.1 Å². The third kappa shape index (κ3) is 8.23. The number of aromatic hydroxyl groups is 2. The van der Waals surface area contributed by atoms with Crippen molar-refractivity contribution >= 4 is 0 Å². The van der Waals surface area contributed by atoms with Gasteiger partial charge >= 0.3 is 0 Å². The van der Waals surface area contributed by atoms with Crippen LogP contribution in [0.25, 0.3) is 0 Å². The lowest BCUT2D eigenvalue weighted by Gasteiger charge is -2.31. The maximum Gasteiger partial charge on any atom is 0.123 e. The number of nitrogens with zero attached hydrogens (tertiary/aromatic N) is 2. The fraction of sp³-hybridized carbons (Fsp3) is 0.647. The molecule has 0 radical (unpaired) electrons. The van der Waals surface area contributed by atoms with Crippen molar-refractivity contribution in [3.63, 3.8) is 0 Å². The first-order valence-corrected chi connectivity index (χ1v) is 14.1. The van der Waals surface area contributed by atoms with Crippen LogP contribution in [0.3, 0.4) is 0 Å². The molecule has 0 amide bonds. The molecule has 0 aliphatic heterocycles. The predicted molar refractivity (Wildman–Crippen MR) is 164 cm³/mol. The molecule has 0 fully saturated rings. The van der Waals surface area contributed by atoms with Crippen molar-refractivity contribution in [2.45, 2.75) is 118 Å². The average Bonchev–Trinajstić information content (AvgIpc) is 2.71. The van der Waals surface area contributed by atoms with Crippen LogP contribution in [0.1, 0.15) is 116 Å². The van der Waals surface area contributed by atoms with E-state index in [-0.39, 0.29) is 21.7 Å². The van der Waals surface area contributed by atoms with Crippen molar-refractivity contribution in [3.8, 4) is 11.5 Å². The number of rotatable bonds is 7. The summed E-state index contributed by atoms with van der Waals surface area (Å²) in [6.07, 6.45) is 0. The lowest BCUT2D eigenvalue weighted by atomic mass is 9.78. The minimum Gasteiger partial charge on any atom is -0.507 e. The number of hydrogen-bond donors (Lipinski definition) is 2. The van der Waals surface area contributed by atoms with Gasteiger partial charge in [0.15, 0.2) is 0 Å². The second-order valence-corrected chi connectivity index (χ2v) is 15.6. The van der Waals surface area contributed by atoms with Gasteiger partial charge in [0, 0.05) is 37.3 Å². The van der Waals surface area contributed by atoms with Gasteiger partial charge in [-0.25, -0.2) is 0 Å². The van der Waals surface area contributed by atoms with E-state index in [9.17, 15) is 10.2 Å². The van der Waals surface area contributed by atoms with E-state index in [2.05, 4.69) is 131 Å². The SMILES string of the molecule is CN(C)CCN(Cc1cc(C(C)(C)C)cc(C(C)(C)C)c1O)Cc1cc(C(C)(C)C)cc(C(C)(C)C)c1O. The zero-order valence-corrected chi connectivity index (χ0v) is 26.9. The van der Waals surface area contributed by atoms with Gasteiger partial charge in [0.25, 0.3) is 0 Å². The lowest BCUT2D eigenvalue weighted by molar-refractivity contribution is 0.220. The zero-order chi connectivity index (χ0) is 29.4. The third-order valence-electron chi connectivity index (χ3n) is 7.38. The normalized spacial score (nSPS) is 13.6. The van der Waals surface area contributed by atoms with Gasteiger partial charge in [-0.3, -0.25) is 4.90 Å². The summed E-state index contributed by atoms with van der Waals surface area (Å²) in [5, 5.41) is 23.0. The molecule has 0 spiro atoms. The Morgan fingerprint density at radius 3 is 1.13 bits per heavy atom. The summed E-state index contributed by atoms with van der Waals surface area (Å²) in [7, 11) is 4.17. The molecular formula is C34H56N2O2. The number of hydrogen-bond acceptors (Lipinski definition) is 4. The molecule has 214 valence electrons. The predicted octanol–water partition coefficient (Wildman–Crippen LogP) is 7.85. The van der Waals surface area contributed by atoms with Crippen molar-refractivity contribution in [3.05, 3.63) is 57.6 Å². The summed E-state index contributed by atoms with van der Waals surface area (Å²) in [4.78, 5) is 4.55. The molecule has 0 atom stereocenters. The molecule has 4 nitrogen and oxygen atoms in total. The Morgan fingerprint density at radius 1 is 0.526 bits per heavy atom. The Balaban J connectivity index is 2.66. The Labute approximate surface area is 234 Å². The zero-order valence-electron chi connectivity index (χ0n) is 26.9. The average molecular weight is 525 g/mol. The van der Waals surface area contributed by atoms with Crippen LogP contribution >= 0.6 is 0 Å². The molecule has 38 heavy (non-hydrogen) atoms. The molecule has 0 unspecified atom stereocenters. The fourth-order valence-corrected chi connectivity index (χ4v) is 4.68. The van der Waals surface area contributed by atoms with E-state index in [0.29, 0.717) is 24.6 Å². The number of phenols is 2. The fourth-order valence-electron chi connectivity index (χ4n) is 4.68. The molecule has 0 saturated carbocycles. The van der Waals surface area contributed by atoms with Gasteiger partial charge in [-0.1, -0.05) is 107 Å². The molecular weight excluding hydrogens is 468 g/mol. The van der Waals surface area contributed by atoms with Crippen molar-refractivity contribution in [2.24, 2.45) is 0 Å². The van der Waals surface area contributed by atoms with Crippen molar-refractivity contribution in [1.29, 1.82) is 0 Å². The van der Waals surface area contributed by atoms with Gasteiger partial charge in [-0.2, -0.15) is 0 Å². The van der Waals surface area contributed by atoms with Gasteiger partial charge in [-0.05, 0) is 58.0 Å². The second-order valence-electron chi connectivity index (χ2n) is 15.6. The number of phenolic OH excluding ortho intramolecular Hbond substituents is 2. The molecule has 2 N–H and O–H groups in total. The molecule has 0 aromatic heterocycles. The molecule has 0 heterocycles. The van der Waals surface area contributed by atoms with Crippen molar-refractivity contribution in [2.75, 3.05) is 27.2 Å². The molecule has 4 heteroatoms. The van der Waals surface area contributed by atoms with Crippen LogP contribution in [0.4, 0.5) is 0 Å². The third-order valence-corrected chi connectivity index (χ3v) is 7.38. The summed E-state index contributed by atoms with van der Waals surface area (Å²) < 4.78 is 0. The highest BCUT2D eigenvalue weighted by molar-refractivity contribution is 5.50. The van der Waals surface area contributed by atoms with Crippen LogP contribution in [0.5, 0.6) is 11.5 Å². The van der Waals surface area contributed by atoms with Gasteiger partial charge in [0.05, 0.1) is 0 Å². The summed E-state index contributed by atoms with van der Waals surface area (Å²) in [5.41, 5.74) is 5.93. The van der Waals surface area contributed by atoms with Crippen LogP contribution in [-0.4, -0.2) is 47.2 Å². The van der Waals surface area contributed by atoms with E-state index >= 15 is 0 Å². The first kappa shape index (κ1) is 32.2. The second kappa shape index (κ2) is 11.2. The largest absolute Gasteiger partial charge is 0.507 e. The van der Waals surface area contributed by atoms with E-state index in [1.165, 1.54) is 11.1 Å². The maximum absolute atomic E-state index is 11.5. The first-order chi connectivity index (χ1) is 17.0. The Bertz CT molecular complexity index is 1020. The van der Waals surface area contributed by atoms with Crippen LogP contribution in [-0.2, 0) is 34.7 Å². The molecule has 2 rings (SSSR count). The summed E-state index contributed by atoms with van der Waals surface area (Å²) in [6, 6.07) is 8.72. The van der Waals surface area contributed by atoms with E-state index in [1.807, 2.05) is 0 Å². The Morgan fingerprint density at radius 2 is 0.868 bits per heavy atom. The molecule has 2 aromatic rings. The molecule has 2 aromatic carbocycles. The van der Waals surface area contributed by atoms with Crippen LogP contribution in [0.15, 0.2) is 24.3 Å². The van der Waals surface area contributed by atoms with Crippen molar-refractivity contribution < 1.29 is 10.2 Å². The maximum atomic E-state index is 11.5. The van der Waals surface area contributed by atoms with Gasteiger partial charge in [-0.15, -0.1) is 0 Å². The standard InChI is InChI=1S/C34H56N2O2/c1-31(2,3)25-17-23(29(37)27(19-25)33(7,8)9)21-36(16-15-35(13)14)22-24-18-26(32(4,5)6)20-28(30(24)38)34(10,11)12/h17-20,37-38H,15-16,21-22H2,1-14H3. The molecule has 0 aliphatic rings. The highest BCUT2D eigenvalue weighted by Gasteiger charge is 2.28. The first-order valence-electron chi connectivity index (χ1n) is 14.1. The van der Waals surface area contributed by atoms with Gasteiger partial charge in [0.2, 0.25) is 0 Å². The van der Waals surface area contributed by atoms with Gasteiger partial charge in [0.1, 0.15) is 11.5 Å². The van der Waals surface area contributed by atoms with E-state index in [0.717, 1.165) is 35.3 Å². The Kier molecular flexibility index (Phi) is 9.50. The van der Waals surface area contributed by atoms with E-state index in [1.54, 1.807) is 0 Å². The molecule has 0 saturated heterocycles. The monoisotopic (exact) mass is 524 g/mol. The van der Waals surface area contributed by atoms with E-state index < -0.39 is 0 Å². The highest BCUT2D eigenvalue weighted by atomic mass is 16.3.